The first kappa shape index (κ1) is 15.4. The van der Waals surface area contributed by atoms with E-state index in [2.05, 4.69) is 44.3 Å². The highest BCUT2D eigenvalue weighted by Crippen LogP contribution is 2.25. The molecule has 2 rings (SSSR count). The molecule has 2 N–H and O–H groups in total. The number of rotatable bonds is 6. The molecular formula is C18H23NO2. The van der Waals surface area contributed by atoms with Crippen LogP contribution in [0.3, 0.4) is 0 Å². The second-order valence-electron chi connectivity index (χ2n) is 5.55. The molecule has 0 aliphatic rings. The topological polar surface area (TPSA) is 41.5 Å². The van der Waals surface area contributed by atoms with Gasteiger partial charge in [-0.15, -0.1) is 0 Å². The van der Waals surface area contributed by atoms with Crippen molar-refractivity contribution in [2.45, 2.75) is 40.0 Å². The van der Waals surface area contributed by atoms with Crippen LogP contribution in [0.2, 0.25) is 0 Å². The van der Waals surface area contributed by atoms with E-state index >= 15 is 0 Å². The van der Waals surface area contributed by atoms with Crippen LogP contribution >= 0.6 is 0 Å². The molecule has 112 valence electrons. The third-order valence-electron chi connectivity index (χ3n) is 3.31. The average molecular weight is 285 g/mol. The summed E-state index contributed by atoms with van der Waals surface area (Å²) in [6.45, 7) is 7.62. The number of phenols is 1. The molecule has 0 fully saturated rings. The number of phenolic OH excluding ortho intramolecular Hbond substituents is 1. The summed E-state index contributed by atoms with van der Waals surface area (Å²) >= 11 is 0. The van der Waals surface area contributed by atoms with Crippen molar-refractivity contribution in [1.82, 2.24) is 5.32 Å². The number of aromatic hydroxyl groups is 1. The molecule has 3 nitrogen and oxygen atoms in total. The fraction of sp³-hybridized carbons (Fsp3) is 0.333. The first-order valence-corrected chi connectivity index (χ1v) is 7.29. The van der Waals surface area contributed by atoms with Crippen LogP contribution in [-0.4, -0.2) is 11.1 Å². The Morgan fingerprint density at radius 3 is 2.48 bits per heavy atom. The molecular weight excluding hydrogens is 262 g/mol. The smallest absolute Gasteiger partial charge is 0.127 e. The summed E-state index contributed by atoms with van der Waals surface area (Å²) in [6, 6.07) is 13.8. The highest BCUT2D eigenvalue weighted by atomic mass is 16.5. The van der Waals surface area contributed by atoms with Gasteiger partial charge in [0.15, 0.2) is 0 Å². The van der Waals surface area contributed by atoms with Crippen LogP contribution < -0.4 is 10.1 Å². The Hall–Kier alpha value is -2.00. The highest BCUT2D eigenvalue weighted by molar-refractivity contribution is 5.41. The van der Waals surface area contributed by atoms with Crippen molar-refractivity contribution < 1.29 is 9.84 Å². The standard InChI is InChI=1S/C18H23NO2/c1-13(2)19-11-16-6-4-5-14(3)18(16)21-12-15-7-9-17(20)10-8-15/h4-10,13,19-20H,11-12H2,1-3H3. The van der Waals surface area contributed by atoms with Gasteiger partial charge in [-0.3, -0.25) is 0 Å². The highest BCUT2D eigenvalue weighted by Gasteiger charge is 2.08. The molecule has 2 aromatic carbocycles. The zero-order valence-corrected chi connectivity index (χ0v) is 12.9. The third-order valence-corrected chi connectivity index (χ3v) is 3.31. The van der Waals surface area contributed by atoms with Crippen molar-refractivity contribution in [1.29, 1.82) is 0 Å². The van der Waals surface area contributed by atoms with Crippen LogP contribution in [0.4, 0.5) is 0 Å². The van der Waals surface area contributed by atoms with Gasteiger partial charge in [-0.1, -0.05) is 44.2 Å². The summed E-state index contributed by atoms with van der Waals surface area (Å²) in [4.78, 5) is 0. The van der Waals surface area contributed by atoms with Crippen molar-refractivity contribution in [3.63, 3.8) is 0 Å². The third kappa shape index (κ3) is 4.50. The van der Waals surface area contributed by atoms with E-state index in [1.54, 1.807) is 12.1 Å². The number of benzene rings is 2. The van der Waals surface area contributed by atoms with Gasteiger partial charge < -0.3 is 15.2 Å². The van der Waals surface area contributed by atoms with Gasteiger partial charge in [-0.05, 0) is 30.2 Å². The van der Waals surface area contributed by atoms with E-state index in [-0.39, 0.29) is 5.75 Å². The predicted molar refractivity (Wildman–Crippen MR) is 85.6 cm³/mol. The lowest BCUT2D eigenvalue weighted by Gasteiger charge is -2.16. The van der Waals surface area contributed by atoms with Crippen LogP contribution in [-0.2, 0) is 13.2 Å². The molecule has 3 heteroatoms. The molecule has 0 aliphatic heterocycles. The van der Waals surface area contributed by atoms with Gasteiger partial charge in [-0.2, -0.15) is 0 Å². The molecule has 0 amide bonds. The van der Waals surface area contributed by atoms with Crippen LogP contribution in [0.15, 0.2) is 42.5 Å². The largest absolute Gasteiger partial charge is 0.508 e. The van der Waals surface area contributed by atoms with Gasteiger partial charge in [0, 0.05) is 18.2 Å². The normalized spacial score (nSPS) is 10.9. The monoisotopic (exact) mass is 285 g/mol. The molecule has 0 bridgehead atoms. The number of ether oxygens (including phenoxy) is 1. The number of aryl methyl sites for hydroxylation is 1. The Bertz CT molecular complexity index is 576. The summed E-state index contributed by atoms with van der Waals surface area (Å²) in [6.07, 6.45) is 0. The van der Waals surface area contributed by atoms with Gasteiger partial charge in [0.05, 0.1) is 0 Å². The Kier molecular flexibility index (Phi) is 5.23. The molecule has 0 spiro atoms. The number of hydrogen-bond donors (Lipinski definition) is 2. The average Bonchev–Trinajstić information content (AvgIpc) is 2.46. The number of para-hydroxylation sites is 1. The van der Waals surface area contributed by atoms with Gasteiger partial charge in [0.2, 0.25) is 0 Å². The number of hydrogen-bond acceptors (Lipinski definition) is 3. The predicted octanol–water partition coefficient (Wildman–Crippen LogP) is 3.78. The molecule has 0 aromatic heterocycles. The zero-order valence-electron chi connectivity index (χ0n) is 12.9. The van der Waals surface area contributed by atoms with E-state index in [4.69, 9.17) is 4.74 Å². The summed E-state index contributed by atoms with van der Waals surface area (Å²) in [5, 5.41) is 12.7. The second kappa shape index (κ2) is 7.14. The first-order valence-electron chi connectivity index (χ1n) is 7.29. The Balaban J connectivity index is 2.09. The molecule has 0 atom stereocenters. The van der Waals surface area contributed by atoms with E-state index in [9.17, 15) is 5.11 Å². The maximum atomic E-state index is 9.30. The van der Waals surface area contributed by atoms with Crippen LogP contribution in [0, 0.1) is 6.92 Å². The Labute approximate surface area is 126 Å². The van der Waals surface area contributed by atoms with Gasteiger partial charge in [-0.25, -0.2) is 0 Å². The minimum atomic E-state index is 0.275. The Morgan fingerprint density at radius 2 is 1.81 bits per heavy atom. The molecule has 0 heterocycles. The van der Waals surface area contributed by atoms with Crippen LogP contribution in [0.5, 0.6) is 11.5 Å². The SMILES string of the molecule is Cc1cccc(CNC(C)C)c1OCc1ccc(O)cc1. The van der Waals surface area contributed by atoms with E-state index in [0.29, 0.717) is 12.6 Å². The van der Waals surface area contributed by atoms with E-state index in [1.807, 2.05) is 12.1 Å². The summed E-state index contributed by atoms with van der Waals surface area (Å²) < 4.78 is 6.00. The minimum absolute atomic E-state index is 0.275. The van der Waals surface area contributed by atoms with Crippen LogP contribution in [0.25, 0.3) is 0 Å². The van der Waals surface area contributed by atoms with Crippen LogP contribution in [0.1, 0.15) is 30.5 Å². The van der Waals surface area contributed by atoms with E-state index < -0.39 is 0 Å². The quantitative estimate of drug-likeness (QED) is 0.848. The van der Waals surface area contributed by atoms with E-state index in [1.165, 1.54) is 5.56 Å². The number of nitrogens with one attached hydrogen (secondary N) is 1. The lowest BCUT2D eigenvalue weighted by Crippen LogP contribution is -2.22. The zero-order chi connectivity index (χ0) is 15.2. The maximum absolute atomic E-state index is 9.30. The lowest BCUT2D eigenvalue weighted by molar-refractivity contribution is 0.299. The molecule has 0 radical (unpaired) electrons. The van der Waals surface area contributed by atoms with Gasteiger partial charge in [0.1, 0.15) is 18.1 Å². The molecule has 0 aliphatic carbocycles. The molecule has 0 saturated carbocycles. The lowest BCUT2D eigenvalue weighted by atomic mass is 10.1. The minimum Gasteiger partial charge on any atom is -0.508 e. The summed E-state index contributed by atoms with van der Waals surface area (Å²) in [5.74, 6) is 1.22. The van der Waals surface area contributed by atoms with Gasteiger partial charge in [0.25, 0.3) is 0 Å². The molecule has 0 unspecified atom stereocenters. The van der Waals surface area contributed by atoms with Crippen molar-refractivity contribution in [3.8, 4) is 11.5 Å². The summed E-state index contributed by atoms with van der Waals surface area (Å²) in [5.41, 5.74) is 3.35. The van der Waals surface area contributed by atoms with E-state index in [0.717, 1.165) is 23.4 Å². The summed E-state index contributed by atoms with van der Waals surface area (Å²) in [7, 11) is 0. The van der Waals surface area contributed by atoms with Crippen molar-refractivity contribution in [3.05, 3.63) is 59.2 Å². The molecule has 0 saturated heterocycles. The molecule has 2 aromatic rings. The molecule has 21 heavy (non-hydrogen) atoms. The van der Waals surface area contributed by atoms with Crippen molar-refractivity contribution >= 4 is 0 Å². The first-order chi connectivity index (χ1) is 10.1. The Morgan fingerprint density at radius 1 is 1.10 bits per heavy atom. The van der Waals surface area contributed by atoms with Gasteiger partial charge >= 0.3 is 0 Å². The van der Waals surface area contributed by atoms with Crippen molar-refractivity contribution in [2.75, 3.05) is 0 Å². The fourth-order valence-electron chi connectivity index (χ4n) is 2.12. The fourth-order valence-corrected chi connectivity index (χ4v) is 2.12. The maximum Gasteiger partial charge on any atom is 0.127 e. The second-order valence-corrected chi connectivity index (χ2v) is 5.55. The van der Waals surface area contributed by atoms with Crippen molar-refractivity contribution in [2.24, 2.45) is 0 Å².